The number of methoxy groups -OCH3 is 1. The average Bonchev–Trinajstić information content (AvgIpc) is 3.37. The Balaban J connectivity index is 1.25. The predicted molar refractivity (Wildman–Crippen MR) is 118 cm³/mol. The van der Waals surface area contributed by atoms with Crippen LogP contribution < -0.4 is 10.1 Å². The lowest BCUT2D eigenvalue weighted by Gasteiger charge is -2.36. The van der Waals surface area contributed by atoms with Gasteiger partial charge in [0.15, 0.2) is 24.0 Å². The molecule has 1 aromatic rings. The minimum atomic E-state index is -0.845. The van der Waals surface area contributed by atoms with Crippen molar-refractivity contribution >= 4 is 11.6 Å². The van der Waals surface area contributed by atoms with Gasteiger partial charge in [-0.05, 0) is 49.9 Å². The van der Waals surface area contributed by atoms with Gasteiger partial charge in [-0.25, -0.2) is 0 Å². The number of nitrogens with one attached hydrogen (secondary N) is 1. The number of amides is 1. The zero-order valence-corrected chi connectivity index (χ0v) is 19.1. The molecule has 180 valence electrons. The molecule has 5 fully saturated rings. The van der Waals surface area contributed by atoms with Crippen LogP contribution in [0.5, 0.6) is 5.75 Å². The number of hydrogen-bond acceptors (Lipinski definition) is 7. The normalized spacial score (nSPS) is 36.3. The molecule has 2 spiro atoms. The molecule has 3 aliphatic heterocycles. The number of hydrogen-bond donors (Lipinski definition) is 1. The maximum Gasteiger partial charge on any atom is 0.256 e. The first-order valence-corrected chi connectivity index (χ1v) is 12.4. The van der Waals surface area contributed by atoms with Crippen LogP contribution >= 0.6 is 0 Å². The molecule has 33 heavy (non-hydrogen) atoms. The second kappa shape index (κ2) is 8.50. The number of rotatable bonds is 3. The summed E-state index contributed by atoms with van der Waals surface area (Å²) in [6.07, 6.45) is 7.14. The van der Waals surface area contributed by atoms with Crippen LogP contribution in [-0.2, 0) is 28.5 Å². The Labute approximate surface area is 194 Å². The Hall–Kier alpha value is -1.71. The van der Waals surface area contributed by atoms with E-state index in [9.17, 15) is 4.79 Å². The molecule has 1 N–H and O–H groups in total. The van der Waals surface area contributed by atoms with E-state index in [1.165, 1.54) is 12.8 Å². The predicted octanol–water partition coefficient (Wildman–Crippen LogP) is 3.88. The van der Waals surface area contributed by atoms with E-state index in [1.807, 2.05) is 12.1 Å². The quantitative estimate of drug-likeness (QED) is 0.734. The van der Waals surface area contributed by atoms with Crippen LogP contribution in [0.4, 0.5) is 5.69 Å². The number of carbonyl (C=O) groups is 1. The zero-order valence-electron chi connectivity index (χ0n) is 19.1. The molecule has 3 heterocycles. The molecule has 8 heteroatoms. The first-order chi connectivity index (χ1) is 16.1. The summed E-state index contributed by atoms with van der Waals surface area (Å²) in [6, 6.07) is 7.23. The van der Waals surface area contributed by atoms with E-state index in [2.05, 4.69) is 5.32 Å². The lowest BCUT2D eigenvalue weighted by atomic mass is 9.94. The van der Waals surface area contributed by atoms with Crippen molar-refractivity contribution < 1.29 is 33.2 Å². The number of anilines is 1. The van der Waals surface area contributed by atoms with Crippen LogP contribution in [0.15, 0.2) is 24.3 Å². The monoisotopic (exact) mass is 459 g/mol. The van der Waals surface area contributed by atoms with Gasteiger partial charge in [0.05, 0.1) is 7.11 Å². The van der Waals surface area contributed by atoms with Crippen molar-refractivity contribution in [3.63, 3.8) is 0 Å². The molecule has 2 saturated carbocycles. The third-order valence-corrected chi connectivity index (χ3v) is 7.73. The molecule has 6 rings (SSSR count). The Morgan fingerprint density at radius 1 is 0.818 bits per heavy atom. The van der Waals surface area contributed by atoms with Gasteiger partial charge in [-0.1, -0.05) is 12.8 Å². The fraction of sp³-hybridized carbons (Fsp3) is 0.720. The fourth-order valence-electron chi connectivity index (χ4n) is 6.06. The van der Waals surface area contributed by atoms with E-state index < -0.39 is 36.2 Å². The van der Waals surface area contributed by atoms with Gasteiger partial charge in [0.2, 0.25) is 0 Å². The van der Waals surface area contributed by atoms with Crippen LogP contribution in [0.2, 0.25) is 0 Å². The van der Waals surface area contributed by atoms with E-state index >= 15 is 0 Å². The molecule has 3 saturated heterocycles. The highest BCUT2D eigenvalue weighted by atomic mass is 16.9. The molecule has 1 aromatic carbocycles. The Morgan fingerprint density at radius 3 is 2.03 bits per heavy atom. The summed E-state index contributed by atoms with van der Waals surface area (Å²) in [5.74, 6) is -0.828. The van der Waals surface area contributed by atoms with E-state index in [0.29, 0.717) is 5.69 Å². The van der Waals surface area contributed by atoms with Crippen molar-refractivity contribution in [3.05, 3.63) is 24.3 Å². The maximum atomic E-state index is 13.4. The van der Waals surface area contributed by atoms with Crippen molar-refractivity contribution in [2.24, 2.45) is 0 Å². The number of carbonyl (C=O) groups excluding carboxylic acids is 1. The van der Waals surface area contributed by atoms with Gasteiger partial charge in [0.25, 0.3) is 5.91 Å². The van der Waals surface area contributed by atoms with E-state index in [0.717, 1.165) is 57.1 Å². The van der Waals surface area contributed by atoms with Gasteiger partial charge >= 0.3 is 0 Å². The van der Waals surface area contributed by atoms with Crippen LogP contribution in [0.25, 0.3) is 0 Å². The van der Waals surface area contributed by atoms with Gasteiger partial charge in [-0.2, -0.15) is 0 Å². The van der Waals surface area contributed by atoms with Crippen LogP contribution in [0, 0.1) is 0 Å². The number of ether oxygens (including phenoxy) is 6. The first kappa shape index (κ1) is 21.8. The fourth-order valence-corrected chi connectivity index (χ4v) is 6.06. The van der Waals surface area contributed by atoms with Gasteiger partial charge < -0.3 is 33.7 Å². The molecular weight excluding hydrogens is 426 g/mol. The van der Waals surface area contributed by atoms with Crippen LogP contribution in [0.1, 0.15) is 64.2 Å². The summed E-state index contributed by atoms with van der Waals surface area (Å²) in [5.41, 5.74) is 0.668. The number of fused-ring (bicyclic) bond motifs is 3. The molecule has 1 amide bonds. The van der Waals surface area contributed by atoms with Crippen molar-refractivity contribution in [1.29, 1.82) is 0 Å². The van der Waals surface area contributed by atoms with E-state index in [-0.39, 0.29) is 12.0 Å². The Morgan fingerprint density at radius 2 is 1.39 bits per heavy atom. The Kier molecular flexibility index (Phi) is 5.62. The SMILES string of the molecule is COc1ccc(NC(=O)C2OC3OC4(CCCCC4)OC3C3OC4(CCCCC4)OC23)cc1. The second-order valence-electron chi connectivity index (χ2n) is 9.95. The highest BCUT2D eigenvalue weighted by Gasteiger charge is 2.65. The minimum absolute atomic E-state index is 0.265. The molecule has 2 aliphatic carbocycles. The highest BCUT2D eigenvalue weighted by Crippen LogP contribution is 2.51. The van der Waals surface area contributed by atoms with Crippen molar-refractivity contribution in [1.82, 2.24) is 0 Å². The summed E-state index contributed by atoms with van der Waals surface area (Å²) < 4.78 is 37.5. The Bertz CT molecular complexity index is 862. The largest absolute Gasteiger partial charge is 0.497 e. The summed E-state index contributed by atoms with van der Waals surface area (Å²) >= 11 is 0. The molecule has 5 unspecified atom stereocenters. The van der Waals surface area contributed by atoms with Crippen molar-refractivity contribution in [2.75, 3.05) is 12.4 Å². The summed E-state index contributed by atoms with van der Waals surface area (Å²) in [4.78, 5) is 13.4. The highest BCUT2D eigenvalue weighted by molar-refractivity contribution is 5.94. The van der Waals surface area contributed by atoms with Crippen LogP contribution in [-0.4, -0.2) is 55.3 Å². The molecule has 8 nitrogen and oxygen atoms in total. The smallest absolute Gasteiger partial charge is 0.256 e. The molecule has 5 aliphatic rings. The van der Waals surface area contributed by atoms with Gasteiger partial charge in [-0.15, -0.1) is 0 Å². The third kappa shape index (κ3) is 3.96. The van der Waals surface area contributed by atoms with Gasteiger partial charge in [-0.3, -0.25) is 4.79 Å². The maximum absolute atomic E-state index is 13.4. The summed E-state index contributed by atoms with van der Waals surface area (Å²) in [6.45, 7) is 0. The minimum Gasteiger partial charge on any atom is -0.497 e. The summed E-state index contributed by atoms with van der Waals surface area (Å²) in [5, 5.41) is 2.97. The van der Waals surface area contributed by atoms with E-state index in [4.69, 9.17) is 28.4 Å². The molecule has 0 aromatic heterocycles. The lowest BCUT2D eigenvalue weighted by Crippen LogP contribution is -2.58. The second-order valence-corrected chi connectivity index (χ2v) is 9.95. The molecule has 0 radical (unpaired) electrons. The van der Waals surface area contributed by atoms with E-state index in [1.54, 1.807) is 19.2 Å². The lowest BCUT2D eigenvalue weighted by molar-refractivity contribution is -0.246. The molecular formula is C25H33NO7. The van der Waals surface area contributed by atoms with Crippen molar-refractivity contribution in [2.45, 2.75) is 106 Å². The van der Waals surface area contributed by atoms with Gasteiger partial charge in [0.1, 0.15) is 24.1 Å². The van der Waals surface area contributed by atoms with Crippen molar-refractivity contribution in [3.8, 4) is 5.75 Å². The first-order valence-electron chi connectivity index (χ1n) is 12.4. The van der Waals surface area contributed by atoms with Crippen LogP contribution in [0.3, 0.4) is 0 Å². The zero-order chi connectivity index (χ0) is 22.5. The average molecular weight is 460 g/mol. The summed E-state index contributed by atoms with van der Waals surface area (Å²) in [7, 11) is 1.61. The molecule has 5 atom stereocenters. The third-order valence-electron chi connectivity index (χ3n) is 7.73. The van der Waals surface area contributed by atoms with Gasteiger partial charge in [0, 0.05) is 31.4 Å². The number of benzene rings is 1. The molecule has 0 bridgehead atoms. The topological polar surface area (TPSA) is 84.5 Å². The standard InChI is InChI=1S/C25H33NO7/c1-28-17-10-8-16(9-11-17)26-22(27)20-18-19(31-24(30-18)12-4-2-5-13-24)21-23(29-20)33-25(32-21)14-6-3-7-15-25/h8-11,18-21,23H,2-7,12-15H2,1H3,(H,26,27).